The Labute approximate surface area is 102 Å². The van der Waals surface area contributed by atoms with Crippen LogP contribution in [-0.4, -0.2) is 8.42 Å². The number of alkyl halides is 1. The summed E-state index contributed by atoms with van der Waals surface area (Å²) in [4.78, 5) is -0.00225. The highest BCUT2D eigenvalue weighted by Crippen LogP contribution is 2.27. The fourth-order valence-corrected chi connectivity index (χ4v) is 2.94. The van der Waals surface area contributed by atoms with Crippen LogP contribution in [0.15, 0.2) is 21.9 Å². The van der Waals surface area contributed by atoms with Crippen molar-refractivity contribution in [1.82, 2.24) is 0 Å². The zero-order valence-corrected chi connectivity index (χ0v) is 10.5. The molecule has 0 saturated heterocycles. The Kier molecular flexibility index (Phi) is 3.90. The van der Waals surface area contributed by atoms with Crippen LogP contribution >= 0.6 is 34.9 Å². The van der Waals surface area contributed by atoms with E-state index in [1.54, 1.807) is 0 Å². The zero-order valence-electron chi connectivity index (χ0n) is 7.24. The van der Waals surface area contributed by atoms with Gasteiger partial charge in [0.2, 0.25) is 0 Å². The van der Waals surface area contributed by atoms with Crippen molar-refractivity contribution in [3.05, 3.63) is 23.3 Å². The van der Waals surface area contributed by atoms with Crippen LogP contribution in [0.4, 0.5) is 0 Å². The molecule has 0 aliphatic heterocycles. The standard InChI is InChI=1S/C8H5Cl2NO2S2/c9-3-5-1-7(14)8(15(10,12)13)2-6(5)4-11/h1-2,14H,3H2. The van der Waals surface area contributed by atoms with E-state index < -0.39 is 9.05 Å². The molecule has 1 rings (SSSR count). The van der Waals surface area contributed by atoms with Crippen molar-refractivity contribution < 1.29 is 8.42 Å². The van der Waals surface area contributed by atoms with Crippen LogP contribution < -0.4 is 0 Å². The van der Waals surface area contributed by atoms with Gasteiger partial charge < -0.3 is 0 Å². The van der Waals surface area contributed by atoms with Crippen molar-refractivity contribution in [2.24, 2.45) is 0 Å². The minimum absolute atomic E-state index is 0.110. The van der Waals surface area contributed by atoms with E-state index in [-0.39, 0.29) is 21.2 Å². The normalized spacial score (nSPS) is 11.1. The summed E-state index contributed by atoms with van der Waals surface area (Å²) in [6.07, 6.45) is 0. The van der Waals surface area contributed by atoms with Crippen molar-refractivity contribution in [3.8, 4) is 6.07 Å². The highest BCUT2D eigenvalue weighted by Gasteiger charge is 2.17. The van der Waals surface area contributed by atoms with Gasteiger partial charge in [-0.15, -0.1) is 24.2 Å². The molecule has 0 aromatic heterocycles. The Balaban J connectivity index is 3.55. The molecule has 3 nitrogen and oxygen atoms in total. The van der Waals surface area contributed by atoms with E-state index in [0.717, 1.165) is 0 Å². The molecule has 1 aromatic carbocycles. The third-order valence-corrected chi connectivity index (χ3v) is 3.88. The van der Waals surface area contributed by atoms with E-state index in [2.05, 4.69) is 12.6 Å². The maximum absolute atomic E-state index is 11.1. The van der Waals surface area contributed by atoms with Crippen LogP contribution in [0.2, 0.25) is 0 Å². The number of nitrogens with zero attached hydrogens (tertiary/aromatic N) is 1. The molecule has 1 aromatic rings. The average Bonchev–Trinajstić information content (AvgIpc) is 2.15. The van der Waals surface area contributed by atoms with Gasteiger partial charge in [0, 0.05) is 21.5 Å². The lowest BCUT2D eigenvalue weighted by molar-refractivity contribution is 0.607. The summed E-state index contributed by atoms with van der Waals surface area (Å²) < 4.78 is 22.2. The molecule has 0 bridgehead atoms. The number of rotatable bonds is 2. The molecule has 7 heteroatoms. The van der Waals surface area contributed by atoms with Crippen molar-refractivity contribution in [2.75, 3.05) is 0 Å². The number of nitriles is 1. The molecule has 80 valence electrons. The van der Waals surface area contributed by atoms with Crippen LogP contribution in [0.1, 0.15) is 11.1 Å². The Morgan fingerprint density at radius 2 is 2.07 bits per heavy atom. The second-order valence-corrected chi connectivity index (χ2v) is 5.94. The summed E-state index contributed by atoms with van der Waals surface area (Å²) in [7, 11) is 1.28. The lowest BCUT2D eigenvalue weighted by atomic mass is 10.1. The fraction of sp³-hybridized carbons (Fsp3) is 0.125. The molecule has 0 spiro atoms. The van der Waals surface area contributed by atoms with Gasteiger partial charge in [0.1, 0.15) is 0 Å². The van der Waals surface area contributed by atoms with Gasteiger partial charge in [0.25, 0.3) is 9.05 Å². The second-order valence-electron chi connectivity index (χ2n) is 2.66. The maximum atomic E-state index is 11.1. The number of hydrogen-bond donors (Lipinski definition) is 1. The molecule has 0 atom stereocenters. The first kappa shape index (κ1) is 12.7. The largest absolute Gasteiger partial charge is 0.262 e. The first-order chi connectivity index (χ1) is 6.90. The van der Waals surface area contributed by atoms with Gasteiger partial charge in [0.05, 0.1) is 16.5 Å². The van der Waals surface area contributed by atoms with E-state index in [9.17, 15) is 8.42 Å². The van der Waals surface area contributed by atoms with E-state index in [1.165, 1.54) is 12.1 Å². The summed E-state index contributed by atoms with van der Waals surface area (Å²) >= 11 is 9.55. The van der Waals surface area contributed by atoms with Gasteiger partial charge in [-0.25, -0.2) is 8.42 Å². The van der Waals surface area contributed by atoms with E-state index in [0.29, 0.717) is 5.56 Å². The number of hydrogen-bond acceptors (Lipinski definition) is 4. The first-order valence-corrected chi connectivity index (χ1v) is 6.96. The van der Waals surface area contributed by atoms with Gasteiger partial charge in [-0.2, -0.15) is 5.26 Å². The molecule has 0 heterocycles. The Hall–Kier alpha value is -0.410. The summed E-state index contributed by atoms with van der Waals surface area (Å²) in [6, 6.07) is 4.43. The smallest absolute Gasteiger partial charge is 0.207 e. The summed E-state index contributed by atoms with van der Waals surface area (Å²) in [5.41, 5.74) is 0.704. The van der Waals surface area contributed by atoms with Crippen molar-refractivity contribution in [3.63, 3.8) is 0 Å². The molecular formula is C8H5Cl2NO2S2. The van der Waals surface area contributed by atoms with Crippen LogP contribution in [0.5, 0.6) is 0 Å². The van der Waals surface area contributed by atoms with Crippen LogP contribution in [-0.2, 0) is 14.9 Å². The maximum Gasteiger partial charge on any atom is 0.262 e. The number of benzene rings is 1. The molecule has 0 aliphatic carbocycles. The molecule has 15 heavy (non-hydrogen) atoms. The Morgan fingerprint density at radius 3 is 2.47 bits per heavy atom. The van der Waals surface area contributed by atoms with Gasteiger partial charge in [-0.1, -0.05) is 0 Å². The third-order valence-electron chi connectivity index (χ3n) is 1.71. The molecule has 0 fully saturated rings. The third kappa shape index (κ3) is 2.79. The highest BCUT2D eigenvalue weighted by molar-refractivity contribution is 8.14. The van der Waals surface area contributed by atoms with Gasteiger partial charge in [-0.05, 0) is 17.7 Å². The van der Waals surface area contributed by atoms with Crippen molar-refractivity contribution in [1.29, 1.82) is 5.26 Å². The Bertz CT molecular complexity index is 534. The van der Waals surface area contributed by atoms with Crippen LogP contribution in [0, 0.1) is 11.3 Å². The quantitative estimate of drug-likeness (QED) is 0.515. The van der Waals surface area contributed by atoms with E-state index in [1.807, 2.05) is 6.07 Å². The predicted octanol–water partition coefficient (Wildman–Crippen LogP) is 2.51. The molecular weight excluding hydrogens is 277 g/mol. The van der Waals surface area contributed by atoms with Gasteiger partial charge in [-0.3, -0.25) is 0 Å². The average molecular weight is 282 g/mol. The lowest BCUT2D eigenvalue weighted by Gasteiger charge is -2.05. The number of halogens is 2. The minimum Gasteiger partial charge on any atom is -0.207 e. The molecule has 0 saturated carbocycles. The predicted molar refractivity (Wildman–Crippen MR) is 61.0 cm³/mol. The van der Waals surface area contributed by atoms with Gasteiger partial charge in [0.15, 0.2) is 0 Å². The molecule has 0 N–H and O–H groups in total. The zero-order chi connectivity index (χ0) is 11.6. The fourth-order valence-electron chi connectivity index (χ4n) is 1.02. The highest BCUT2D eigenvalue weighted by atomic mass is 35.7. The van der Waals surface area contributed by atoms with Crippen molar-refractivity contribution >= 4 is 44.0 Å². The minimum atomic E-state index is -3.89. The molecule has 0 aliphatic rings. The monoisotopic (exact) mass is 281 g/mol. The molecule has 0 radical (unpaired) electrons. The topological polar surface area (TPSA) is 57.9 Å². The van der Waals surface area contributed by atoms with Gasteiger partial charge >= 0.3 is 0 Å². The molecule has 0 unspecified atom stereocenters. The molecule has 0 amide bonds. The van der Waals surface area contributed by atoms with Crippen molar-refractivity contribution in [2.45, 2.75) is 15.7 Å². The number of thiol groups is 1. The lowest BCUT2D eigenvalue weighted by Crippen LogP contribution is -1.96. The Morgan fingerprint density at radius 1 is 1.47 bits per heavy atom. The summed E-state index contributed by atoms with van der Waals surface area (Å²) in [6.45, 7) is 0. The van der Waals surface area contributed by atoms with Crippen LogP contribution in [0.3, 0.4) is 0 Å². The summed E-state index contributed by atoms with van der Waals surface area (Å²) in [5, 5.41) is 8.76. The van der Waals surface area contributed by atoms with Crippen LogP contribution in [0.25, 0.3) is 0 Å². The SMILES string of the molecule is N#Cc1cc(S(=O)(=O)Cl)c(S)cc1CCl. The van der Waals surface area contributed by atoms with E-state index in [4.69, 9.17) is 27.5 Å². The van der Waals surface area contributed by atoms with E-state index >= 15 is 0 Å². The summed E-state index contributed by atoms with van der Waals surface area (Å²) in [5.74, 6) is 0.110. The first-order valence-electron chi connectivity index (χ1n) is 3.66. The second kappa shape index (κ2) is 4.62.